The summed E-state index contributed by atoms with van der Waals surface area (Å²) in [4.78, 5) is 12.6. The largest absolute Gasteiger partial charge is 0.493 e. The summed E-state index contributed by atoms with van der Waals surface area (Å²) in [5, 5.41) is 7.08. The summed E-state index contributed by atoms with van der Waals surface area (Å²) in [7, 11) is 1.45. The third-order valence-corrected chi connectivity index (χ3v) is 3.77. The van der Waals surface area contributed by atoms with E-state index in [-0.39, 0.29) is 5.82 Å². The Hall–Kier alpha value is -3.30. The van der Waals surface area contributed by atoms with Gasteiger partial charge in [-0.3, -0.25) is 0 Å². The molecule has 3 rings (SSSR count). The van der Waals surface area contributed by atoms with Gasteiger partial charge in [0.05, 0.1) is 12.8 Å². The Morgan fingerprint density at radius 1 is 1.33 bits per heavy atom. The van der Waals surface area contributed by atoms with E-state index in [1.54, 1.807) is 18.3 Å². The van der Waals surface area contributed by atoms with Crippen molar-refractivity contribution >= 4 is 11.8 Å². The molecule has 3 N–H and O–H groups in total. The Labute approximate surface area is 154 Å². The zero-order chi connectivity index (χ0) is 19.4. The van der Waals surface area contributed by atoms with Gasteiger partial charge in [-0.1, -0.05) is 6.92 Å². The fourth-order valence-corrected chi connectivity index (χ4v) is 2.47. The minimum atomic E-state index is -2.79. The van der Waals surface area contributed by atoms with Gasteiger partial charge in [-0.2, -0.15) is 13.9 Å². The average molecular weight is 375 g/mol. The van der Waals surface area contributed by atoms with Gasteiger partial charge < -0.3 is 15.8 Å². The third-order valence-electron chi connectivity index (χ3n) is 3.77. The van der Waals surface area contributed by atoms with Gasteiger partial charge >= 0.3 is 6.55 Å². The first kappa shape index (κ1) is 18.5. The van der Waals surface area contributed by atoms with Gasteiger partial charge in [-0.05, 0) is 18.6 Å². The van der Waals surface area contributed by atoms with Gasteiger partial charge in [-0.25, -0.2) is 19.6 Å². The molecule has 0 fully saturated rings. The molecule has 0 saturated heterocycles. The first-order valence-corrected chi connectivity index (χ1v) is 8.28. The number of hydrogen-bond acceptors (Lipinski definition) is 7. The molecule has 0 aliphatic heterocycles. The Morgan fingerprint density at radius 3 is 2.85 bits per heavy atom. The number of nitrogen functional groups attached to an aromatic ring is 1. The lowest BCUT2D eigenvalue weighted by atomic mass is 10.1. The predicted molar refractivity (Wildman–Crippen MR) is 97.5 cm³/mol. The Bertz CT molecular complexity index is 929. The highest BCUT2D eigenvalue weighted by molar-refractivity contribution is 5.79. The number of nitrogens with one attached hydrogen (secondary N) is 1. The predicted octanol–water partition coefficient (Wildman–Crippen LogP) is 3.21. The van der Waals surface area contributed by atoms with Crippen molar-refractivity contribution in [2.75, 3.05) is 24.7 Å². The zero-order valence-corrected chi connectivity index (χ0v) is 14.9. The van der Waals surface area contributed by atoms with E-state index in [0.29, 0.717) is 45.4 Å². The number of halogens is 2. The van der Waals surface area contributed by atoms with Gasteiger partial charge in [0.1, 0.15) is 5.69 Å². The van der Waals surface area contributed by atoms with Gasteiger partial charge in [-0.15, -0.1) is 0 Å². The Morgan fingerprint density at radius 2 is 2.15 bits per heavy atom. The van der Waals surface area contributed by atoms with Crippen LogP contribution in [0.4, 0.5) is 20.5 Å². The molecule has 27 heavy (non-hydrogen) atoms. The average Bonchev–Trinajstić information content (AvgIpc) is 3.13. The van der Waals surface area contributed by atoms with E-state index in [1.165, 1.54) is 19.5 Å². The maximum absolute atomic E-state index is 13.2. The zero-order valence-electron chi connectivity index (χ0n) is 14.9. The molecule has 0 spiro atoms. The van der Waals surface area contributed by atoms with E-state index < -0.39 is 6.55 Å². The molecule has 3 heterocycles. The van der Waals surface area contributed by atoms with E-state index in [0.717, 1.165) is 6.42 Å². The maximum Gasteiger partial charge on any atom is 0.333 e. The van der Waals surface area contributed by atoms with E-state index in [4.69, 9.17) is 10.5 Å². The summed E-state index contributed by atoms with van der Waals surface area (Å²) in [6, 6.07) is 3.23. The van der Waals surface area contributed by atoms with Gasteiger partial charge in [0.2, 0.25) is 5.95 Å². The summed E-state index contributed by atoms with van der Waals surface area (Å²) < 4.78 is 32.2. The summed E-state index contributed by atoms with van der Waals surface area (Å²) >= 11 is 0. The molecule has 0 aromatic carbocycles. The molecule has 0 unspecified atom stereocenters. The lowest BCUT2D eigenvalue weighted by Crippen LogP contribution is -2.04. The fourth-order valence-electron chi connectivity index (χ4n) is 2.47. The molecule has 8 nitrogen and oxygen atoms in total. The first-order chi connectivity index (χ1) is 13.0. The maximum atomic E-state index is 13.2. The molecule has 10 heteroatoms. The van der Waals surface area contributed by atoms with Crippen LogP contribution < -0.4 is 15.8 Å². The molecule has 0 atom stereocenters. The van der Waals surface area contributed by atoms with Crippen LogP contribution in [0.1, 0.15) is 19.9 Å². The van der Waals surface area contributed by atoms with Gasteiger partial charge in [0.25, 0.3) is 0 Å². The van der Waals surface area contributed by atoms with Crippen LogP contribution in [0.15, 0.2) is 30.7 Å². The molecule has 3 aromatic rings. The highest BCUT2D eigenvalue weighted by Crippen LogP contribution is 2.34. The van der Waals surface area contributed by atoms with Crippen LogP contribution in [-0.4, -0.2) is 38.4 Å². The molecule has 142 valence electrons. The monoisotopic (exact) mass is 375 g/mol. The second kappa shape index (κ2) is 7.94. The number of ether oxygens (including phenoxy) is 1. The molecule has 0 aliphatic carbocycles. The highest BCUT2D eigenvalue weighted by Gasteiger charge is 2.19. The summed E-state index contributed by atoms with van der Waals surface area (Å²) in [5.74, 6) is 0.945. The minimum absolute atomic E-state index is 0.198. The summed E-state index contributed by atoms with van der Waals surface area (Å²) in [5.41, 5.74) is 7.39. The highest BCUT2D eigenvalue weighted by atomic mass is 19.3. The van der Waals surface area contributed by atoms with Crippen LogP contribution in [-0.2, 0) is 0 Å². The first-order valence-electron chi connectivity index (χ1n) is 8.28. The van der Waals surface area contributed by atoms with Crippen molar-refractivity contribution in [1.29, 1.82) is 0 Å². The molecule has 0 aliphatic rings. The van der Waals surface area contributed by atoms with Crippen molar-refractivity contribution < 1.29 is 13.5 Å². The van der Waals surface area contributed by atoms with Crippen molar-refractivity contribution in [3.05, 3.63) is 30.7 Å². The van der Waals surface area contributed by atoms with Crippen LogP contribution in [0.3, 0.4) is 0 Å². The lowest BCUT2D eigenvalue weighted by molar-refractivity contribution is 0.0569. The molecule has 0 saturated carbocycles. The van der Waals surface area contributed by atoms with Crippen LogP contribution in [0.2, 0.25) is 0 Å². The van der Waals surface area contributed by atoms with Crippen LogP contribution in [0.25, 0.3) is 22.5 Å². The van der Waals surface area contributed by atoms with Gasteiger partial charge in [0.15, 0.2) is 11.6 Å². The minimum Gasteiger partial charge on any atom is -0.493 e. The quantitative estimate of drug-likeness (QED) is 0.653. The fraction of sp³-hybridized carbons (Fsp3) is 0.294. The lowest BCUT2D eigenvalue weighted by Gasteiger charge is -2.07. The number of anilines is 2. The third kappa shape index (κ3) is 3.94. The number of rotatable bonds is 7. The van der Waals surface area contributed by atoms with Crippen molar-refractivity contribution in [3.63, 3.8) is 0 Å². The molecule has 0 radical (unpaired) electrons. The molecule has 0 bridgehead atoms. The Kier molecular flexibility index (Phi) is 5.43. The van der Waals surface area contributed by atoms with Crippen LogP contribution >= 0.6 is 0 Å². The number of pyridine rings is 1. The molecule has 0 amide bonds. The Balaban J connectivity index is 2.10. The second-order valence-corrected chi connectivity index (χ2v) is 5.65. The molecule has 3 aromatic heterocycles. The molecular weight excluding hydrogens is 356 g/mol. The second-order valence-electron chi connectivity index (χ2n) is 5.65. The van der Waals surface area contributed by atoms with E-state index in [2.05, 4.69) is 25.4 Å². The summed E-state index contributed by atoms with van der Waals surface area (Å²) in [6.07, 6.45) is 5.16. The SMILES string of the molecule is CCCNc1nccc(-c2cn(C(F)F)nc2-c2cnc(N)c(OC)c2)n1. The van der Waals surface area contributed by atoms with Crippen molar-refractivity contribution in [3.8, 4) is 28.3 Å². The van der Waals surface area contributed by atoms with Crippen LogP contribution in [0.5, 0.6) is 5.75 Å². The van der Waals surface area contributed by atoms with E-state index in [1.807, 2.05) is 6.92 Å². The van der Waals surface area contributed by atoms with Crippen molar-refractivity contribution in [2.24, 2.45) is 0 Å². The van der Waals surface area contributed by atoms with E-state index in [9.17, 15) is 8.78 Å². The van der Waals surface area contributed by atoms with Crippen LogP contribution in [0, 0.1) is 0 Å². The number of alkyl halides is 2. The number of aromatic nitrogens is 5. The normalized spacial score (nSPS) is 11.0. The number of methoxy groups -OCH3 is 1. The molecular formula is C17H19F2N7O. The number of nitrogens with two attached hydrogens (primary N) is 1. The topological polar surface area (TPSA) is 104 Å². The number of hydrogen-bond donors (Lipinski definition) is 2. The van der Waals surface area contributed by atoms with Crippen molar-refractivity contribution in [2.45, 2.75) is 19.9 Å². The summed E-state index contributed by atoms with van der Waals surface area (Å²) in [6.45, 7) is -0.0740. The smallest absolute Gasteiger partial charge is 0.333 e. The standard InChI is InChI=1S/C17H19F2N7O/c1-3-5-21-17-22-6-4-12(24-17)11-9-26(16(18)19)25-14(11)10-7-13(27-2)15(20)23-8-10/h4,6-9,16H,3,5H2,1-2H3,(H2,20,23)(H,21,22,24). The van der Waals surface area contributed by atoms with Gasteiger partial charge in [0, 0.05) is 36.3 Å². The van der Waals surface area contributed by atoms with E-state index >= 15 is 0 Å². The number of nitrogens with zero attached hydrogens (tertiary/aromatic N) is 5. The van der Waals surface area contributed by atoms with Crippen molar-refractivity contribution in [1.82, 2.24) is 24.7 Å².